The van der Waals surface area contributed by atoms with Crippen molar-refractivity contribution in [3.8, 4) is 0 Å². The quantitative estimate of drug-likeness (QED) is 0.571. The van der Waals surface area contributed by atoms with Crippen LogP contribution in [0.1, 0.15) is 40.9 Å². The maximum absolute atomic E-state index is 11.5. The average molecular weight is 312 g/mol. The number of rotatable bonds is 7. The molecule has 2 N–H and O–H groups in total. The number of carbonyl (C=O) groups is 1. The molecule has 0 spiro atoms. The molecule has 0 bridgehead atoms. The zero-order valence-electron chi connectivity index (χ0n) is 11.9. The third-order valence-electron chi connectivity index (χ3n) is 3.74. The molecule has 1 aromatic carbocycles. The topological polar surface area (TPSA) is 89.7 Å². The number of nitrogens with two attached hydrogens (primary N) is 1. The minimum Gasteiger partial charge on any atom is -0.380 e. The zero-order chi connectivity index (χ0) is 15.4. The first-order chi connectivity index (χ1) is 10.1. The van der Waals surface area contributed by atoms with E-state index in [2.05, 4.69) is 0 Å². The molecule has 1 atom stereocenters. The third kappa shape index (κ3) is 3.42. The zero-order valence-corrected chi connectivity index (χ0v) is 12.8. The van der Waals surface area contributed by atoms with E-state index >= 15 is 0 Å². The highest BCUT2D eigenvalue weighted by Gasteiger charge is 2.31. The van der Waals surface area contributed by atoms with E-state index < -0.39 is 16.8 Å². The number of ether oxygens (including phenoxy) is 1. The third-order valence-corrected chi connectivity index (χ3v) is 4.64. The van der Waals surface area contributed by atoms with Crippen LogP contribution in [0.5, 0.6) is 0 Å². The van der Waals surface area contributed by atoms with E-state index in [4.69, 9.17) is 10.5 Å². The number of carbonyl (C=O) groups excluding carboxylic acids is 1. The van der Waals surface area contributed by atoms with Gasteiger partial charge >= 0.3 is 0 Å². The summed E-state index contributed by atoms with van der Waals surface area (Å²) in [5, 5.41) is 0. The van der Waals surface area contributed by atoms with Gasteiger partial charge in [0.1, 0.15) is 0 Å². The molecule has 1 aliphatic carbocycles. The second-order valence-electron chi connectivity index (χ2n) is 4.89. The van der Waals surface area contributed by atoms with Gasteiger partial charge < -0.3 is 10.5 Å². The van der Waals surface area contributed by atoms with Gasteiger partial charge in [0, 0.05) is 18.7 Å². The molecule has 1 amide bonds. The summed E-state index contributed by atoms with van der Waals surface area (Å²) in [5.41, 5.74) is 7.61. The highest BCUT2D eigenvalue weighted by Crippen LogP contribution is 2.37. The average Bonchev–Trinajstić information content (AvgIpc) is 2.86. The van der Waals surface area contributed by atoms with Crippen LogP contribution in [0.2, 0.25) is 0 Å². The van der Waals surface area contributed by atoms with Crippen molar-refractivity contribution >= 4 is 16.8 Å². The number of thiol groups is 1. The Morgan fingerprint density at radius 2 is 2.24 bits per heavy atom. The molecular weight excluding hydrogens is 292 g/mol. The second-order valence-corrected chi connectivity index (χ2v) is 5.88. The molecule has 0 saturated heterocycles. The second kappa shape index (κ2) is 7.02. The van der Waals surface area contributed by atoms with E-state index in [1.807, 2.05) is 13.0 Å². The number of nitrogens with zero attached hydrogens (tertiary/aromatic N) is 1. The van der Waals surface area contributed by atoms with Gasteiger partial charge in [-0.1, -0.05) is 12.1 Å². The van der Waals surface area contributed by atoms with Crippen LogP contribution in [0.4, 0.5) is 0 Å². The molecule has 0 saturated carbocycles. The summed E-state index contributed by atoms with van der Waals surface area (Å²) < 4.78 is 29.7. The summed E-state index contributed by atoms with van der Waals surface area (Å²) in [7, 11) is -2.70. The van der Waals surface area contributed by atoms with Crippen LogP contribution in [0.15, 0.2) is 18.2 Å². The van der Waals surface area contributed by atoms with Crippen LogP contribution in [0.3, 0.4) is 0 Å². The molecule has 0 fully saturated rings. The van der Waals surface area contributed by atoms with E-state index in [9.17, 15) is 13.2 Å². The molecule has 1 aliphatic rings. The van der Waals surface area contributed by atoms with E-state index in [1.54, 1.807) is 12.1 Å². The van der Waals surface area contributed by atoms with Crippen LogP contribution in [0, 0.1) is 0 Å². The van der Waals surface area contributed by atoms with Gasteiger partial charge in [-0.05, 0) is 37.0 Å². The number of amides is 1. The molecule has 0 heterocycles. The summed E-state index contributed by atoms with van der Waals surface area (Å²) >= 11 is 0. The Morgan fingerprint density at radius 3 is 2.86 bits per heavy atom. The van der Waals surface area contributed by atoms with E-state index in [-0.39, 0.29) is 6.04 Å². The van der Waals surface area contributed by atoms with Gasteiger partial charge in [-0.3, -0.25) is 4.79 Å². The molecule has 1 unspecified atom stereocenters. The van der Waals surface area contributed by atoms with Gasteiger partial charge in [0.15, 0.2) is 0 Å². The van der Waals surface area contributed by atoms with Crippen molar-refractivity contribution in [3.63, 3.8) is 0 Å². The van der Waals surface area contributed by atoms with Gasteiger partial charge in [0.2, 0.25) is 16.8 Å². The summed E-state index contributed by atoms with van der Waals surface area (Å²) in [6, 6.07) is 5.06. The standard InChI is InChI=1S/C14H20N2O4S/c1-2-20-9-8-16(21(18)19)13-7-6-10-11(13)4-3-5-12(10)14(15)17/h3-5,13,21H,2,6-9H2,1H3,(H2,15,17). The Bertz CT molecular complexity index is 593. The molecule has 21 heavy (non-hydrogen) atoms. The SMILES string of the molecule is CCOCCN(C1CCc2c(C(N)=O)cccc21)[SH](=O)=O. The maximum atomic E-state index is 11.5. The summed E-state index contributed by atoms with van der Waals surface area (Å²) in [6.07, 6.45) is 1.32. The number of hydrogen-bond acceptors (Lipinski definition) is 4. The fraction of sp³-hybridized carbons (Fsp3) is 0.500. The van der Waals surface area contributed by atoms with E-state index in [0.717, 1.165) is 11.1 Å². The Hall–Kier alpha value is -1.44. The van der Waals surface area contributed by atoms with Crippen molar-refractivity contribution in [3.05, 3.63) is 34.9 Å². The largest absolute Gasteiger partial charge is 0.380 e. The van der Waals surface area contributed by atoms with E-state index in [1.165, 1.54) is 4.31 Å². The van der Waals surface area contributed by atoms with Gasteiger partial charge in [-0.25, -0.2) is 8.42 Å². The fourth-order valence-corrected chi connectivity index (χ4v) is 3.54. The predicted octanol–water partition coefficient (Wildman–Crippen LogP) is 0.638. The first-order valence-corrected chi connectivity index (χ1v) is 8.09. The van der Waals surface area contributed by atoms with Crippen molar-refractivity contribution in [2.75, 3.05) is 19.8 Å². The lowest BCUT2D eigenvalue weighted by atomic mass is 10.0. The van der Waals surface area contributed by atoms with Crippen molar-refractivity contribution in [2.45, 2.75) is 25.8 Å². The Morgan fingerprint density at radius 1 is 1.48 bits per heavy atom. The minimum absolute atomic E-state index is 0.235. The maximum Gasteiger partial charge on any atom is 0.248 e. The summed E-state index contributed by atoms with van der Waals surface area (Å²) in [5.74, 6) is -0.472. The number of benzene rings is 1. The number of hydrogen-bond donors (Lipinski definition) is 2. The lowest BCUT2D eigenvalue weighted by Gasteiger charge is -2.23. The van der Waals surface area contributed by atoms with Crippen LogP contribution >= 0.6 is 0 Å². The Kier molecular flexibility index (Phi) is 5.33. The molecule has 7 heteroatoms. The molecule has 2 rings (SSSR count). The number of primary amides is 1. The van der Waals surface area contributed by atoms with Crippen molar-refractivity contribution in [1.29, 1.82) is 0 Å². The summed E-state index contributed by atoms with van der Waals surface area (Å²) in [4.78, 5) is 11.5. The monoisotopic (exact) mass is 312 g/mol. The van der Waals surface area contributed by atoms with Crippen LogP contribution in [-0.2, 0) is 22.0 Å². The molecule has 116 valence electrons. The van der Waals surface area contributed by atoms with Crippen molar-refractivity contribution < 1.29 is 17.9 Å². The van der Waals surface area contributed by atoms with Crippen LogP contribution in [0.25, 0.3) is 0 Å². The van der Waals surface area contributed by atoms with Gasteiger partial charge in [0.25, 0.3) is 0 Å². The highest BCUT2D eigenvalue weighted by molar-refractivity contribution is 7.69. The molecule has 0 aromatic heterocycles. The smallest absolute Gasteiger partial charge is 0.248 e. The highest BCUT2D eigenvalue weighted by atomic mass is 32.2. The molecule has 0 aliphatic heterocycles. The van der Waals surface area contributed by atoms with Crippen LogP contribution < -0.4 is 5.73 Å². The van der Waals surface area contributed by atoms with Gasteiger partial charge in [-0.15, -0.1) is 0 Å². The van der Waals surface area contributed by atoms with E-state index in [0.29, 0.717) is 38.2 Å². The fourth-order valence-electron chi connectivity index (χ4n) is 2.83. The van der Waals surface area contributed by atoms with Gasteiger partial charge in [0.05, 0.1) is 12.6 Å². The lowest BCUT2D eigenvalue weighted by Crippen LogP contribution is -2.29. The van der Waals surface area contributed by atoms with Crippen LogP contribution in [-0.4, -0.2) is 38.4 Å². The first-order valence-electron chi connectivity index (χ1n) is 6.96. The Labute approximate surface area is 126 Å². The Balaban J connectivity index is 2.27. The normalized spacial score (nSPS) is 17.4. The lowest BCUT2D eigenvalue weighted by molar-refractivity contribution is 0.0999. The van der Waals surface area contributed by atoms with Crippen molar-refractivity contribution in [2.24, 2.45) is 5.73 Å². The molecule has 0 radical (unpaired) electrons. The molecule has 6 nitrogen and oxygen atoms in total. The molecular formula is C14H20N2O4S. The minimum atomic E-state index is -2.70. The predicted molar refractivity (Wildman–Crippen MR) is 79.5 cm³/mol. The molecule has 1 aromatic rings. The first kappa shape index (κ1) is 15.9. The van der Waals surface area contributed by atoms with Gasteiger partial charge in [-0.2, -0.15) is 4.31 Å². The number of fused-ring (bicyclic) bond motifs is 1. The van der Waals surface area contributed by atoms with Crippen molar-refractivity contribution in [1.82, 2.24) is 4.31 Å². The summed E-state index contributed by atoms with van der Waals surface area (Å²) in [6.45, 7) is 3.10.